The Balaban J connectivity index is 0.000000165. The number of benzene rings is 2. The molecule has 0 nitrogen and oxygen atoms in total. The van der Waals surface area contributed by atoms with E-state index >= 15 is 0 Å². The Hall–Kier alpha value is -0.120. The van der Waals surface area contributed by atoms with Crippen LogP contribution in [0, 0.1) is 6.92 Å². The van der Waals surface area contributed by atoms with Gasteiger partial charge in [0.05, 0.1) is 0 Å². The molecule has 0 fully saturated rings. The van der Waals surface area contributed by atoms with Gasteiger partial charge >= 0.3 is 0 Å². The number of aryl methyl sites for hydroxylation is 1. The molecule has 2 aromatic rings. The lowest BCUT2D eigenvalue weighted by Gasteiger charge is -1.95. The van der Waals surface area contributed by atoms with E-state index in [9.17, 15) is 0 Å². The third-order valence-electron chi connectivity index (χ3n) is 1.84. The topological polar surface area (TPSA) is 0 Å². The van der Waals surface area contributed by atoms with E-state index < -0.39 is 0 Å². The Morgan fingerprint density at radius 3 is 1.50 bits per heavy atom. The highest BCUT2D eigenvalue weighted by molar-refractivity contribution is 9.14. The molecule has 2 aromatic carbocycles. The molecule has 0 amide bonds. The molecule has 16 heavy (non-hydrogen) atoms. The van der Waals surface area contributed by atoms with Crippen LogP contribution in [0.5, 0.6) is 0 Å². The minimum absolute atomic E-state index is 1.06. The molecular weight excluding hydrogens is 396 g/mol. The smallest absolute Gasteiger partial charge is 0.0459 e. The molecule has 84 valence electrons. The van der Waals surface area contributed by atoms with Crippen molar-refractivity contribution in [2.45, 2.75) is 6.92 Å². The quantitative estimate of drug-likeness (QED) is 0.473. The van der Waals surface area contributed by atoms with Crippen LogP contribution in [-0.4, -0.2) is 0 Å². The molecule has 0 N–H and O–H groups in total. The van der Waals surface area contributed by atoms with Gasteiger partial charge in [-0.3, -0.25) is 0 Å². The zero-order valence-electron chi connectivity index (χ0n) is 8.75. The van der Waals surface area contributed by atoms with Crippen LogP contribution >= 0.6 is 47.8 Å². The van der Waals surface area contributed by atoms with Crippen LogP contribution in [0.4, 0.5) is 0 Å². The van der Waals surface area contributed by atoms with Gasteiger partial charge in [0.15, 0.2) is 0 Å². The van der Waals surface area contributed by atoms with Crippen LogP contribution in [0.3, 0.4) is 0 Å². The summed E-state index contributed by atoms with van der Waals surface area (Å²) >= 11 is 10.1. The maximum atomic E-state index is 3.39. The highest BCUT2D eigenvalue weighted by atomic mass is 79.9. The molecule has 0 heterocycles. The zero-order valence-corrected chi connectivity index (χ0v) is 13.5. The Morgan fingerprint density at radius 1 is 0.688 bits per heavy atom. The summed E-state index contributed by atoms with van der Waals surface area (Å²) in [6.45, 7) is 2.08. The van der Waals surface area contributed by atoms with E-state index in [-0.39, 0.29) is 0 Å². The van der Waals surface area contributed by atoms with Crippen molar-refractivity contribution in [1.29, 1.82) is 0 Å². The molecule has 0 saturated carbocycles. The van der Waals surface area contributed by atoms with Crippen molar-refractivity contribution in [1.82, 2.24) is 0 Å². The second-order valence-electron chi connectivity index (χ2n) is 3.19. The van der Waals surface area contributed by atoms with Gasteiger partial charge < -0.3 is 0 Å². The predicted octanol–water partition coefficient (Wildman–Crippen LogP) is 5.97. The first kappa shape index (κ1) is 13.9. The molecule has 0 saturated heterocycles. The Labute approximate surface area is 121 Å². The van der Waals surface area contributed by atoms with Crippen LogP contribution in [0.1, 0.15) is 5.56 Å². The van der Waals surface area contributed by atoms with Crippen molar-refractivity contribution in [2.24, 2.45) is 0 Å². The largest absolute Gasteiger partial charge is 0.0622 e. The monoisotopic (exact) mass is 404 g/mol. The van der Waals surface area contributed by atoms with Crippen LogP contribution in [-0.2, 0) is 0 Å². The zero-order chi connectivity index (χ0) is 12.0. The van der Waals surface area contributed by atoms with E-state index in [0.29, 0.717) is 0 Å². The fourth-order valence-corrected chi connectivity index (χ4v) is 2.27. The Morgan fingerprint density at radius 2 is 1.19 bits per heavy atom. The van der Waals surface area contributed by atoms with E-state index in [1.165, 1.54) is 5.56 Å². The average molecular weight is 407 g/mol. The molecule has 2 rings (SSSR count). The van der Waals surface area contributed by atoms with E-state index in [1.54, 1.807) is 0 Å². The van der Waals surface area contributed by atoms with Gasteiger partial charge in [0.1, 0.15) is 0 Å². The third kappa shape index (κ3) is 4.81. The summed E-state index contributed by atoms with van der Waals surface area (Å²) in [5.74, 6) is 0. The molecule has 0 aliphatic rings. The summed E-state index contributed by atoms with van der Waals surface area (Å²) in [7, 11) is 0. The summed E-state index contributed by atoms with van der Waals surface area (Å²) in [4.78, 5) is 0. The van der Waals surface area contributed by atoms with Gasteiger partial charge in [-0.25, -0.2) is 0 Å². The first-order chi connectivity index (χ1) is 7.61. The molecule has 0 spiro atoms. The normalized spacial score (nSPS) is 9.25. The van der Waals surface area contributed by atoms with E-state index in [1.807, 2.05) is 36.4 Å². The lowest BCUT2D eigenvalue weighted by molar-refractivity contribution is 1.48. The van der Waals surface area contributed by atoms with E-state index in [4.69, 9.17) is 0 Å². The van der Waals surface area contributed by atoms with Crippen molar-refractivity contribution < 1.29 is 0 Å². The second kappa shape index (κ2) is 7.25. The molecule has 0 aliphatic carbocycles. The van der Waals surface area contributed by atoms with Gasteiger partial charge in [0.2, 0.25) is 0 Å². The first-order valence-electron chi connectivity index (χ1n) is 4.72. The van der Waals surface area contributed by atoms with Gasteiger partial charge in [-0.15, -0.1) is 0 Å². The SMILES string of the molecule is Brc1cccc(Br)c1Br.Cc1ccccc1. The van der Waals surface area contributed by atoms with E-state index in [0.717, 1.165) is 13.4 Å². The summed E-state index contributed by atoms with van der Waals surface area (Å²) in [5, 5.41) is 0. The number of halogens is 3. The maximum absolute atomic E-state index is 3.39. The van der Waals surface area contributed by atoms with Crippen LogP contribution in [0.15, 0.2) is 61.9 Å². The van der Waals surface area contributed by atoms with Gasteiger partial charge in [0, 0.05) is 13.4 Å². The van der Waals surface area contributed by atoms with Crippen LogP contribution < -0.4 is 0 Å². The molecular formula is C13H11Br3. The highest BCUT2D eigenvalue weighted by Crippen LogP contribution is 2.29. The van der Waals surface area contributed by atoms with Crippen LogP contribution in [0.2, 0.25) is 0 Å². The summed E-state index contributed by atoms with van der Waals surface area (Å²) in [6.07, 6.45) is 0. The van der Waals surface area contributed by atoms with Crippen LogP contribution in [0.25, 0.3) is 0 Å². The molecule has 0 radical (unpaired) electrons. The van der Waals surface area contributed by atoms with Crippen molar-refractivity contribution >= 4 is 47.8 Å². The van der Waals surface area contributed by atoms with Gasteiger partial charge in [-0.1, -0.05) is 42.0 Å². The lowest BCUT2D eigenvalue weighted by Crippen LogP contribution is -1.69. The predicted molar refractivity (Wildman–Crippen MR) is 80.7 cm³/mol. The average Bonchev–Trinajstić information content (AvgIpc) is 2.28. The number of hydrogen-bond donors (Lipinski definition) is 0. The van der Waals surface area contributed by atoms with E-state index in [2.05, 4.69) is 66.8 Å². The molecule has 0 unspecified atom stereocenters. The van der Waals surface area contributed by atoms with Gasteiger partial charge in [-0.2, -0.15) is 0 Å². The summed E-state index contributed by atoms with van der Waals surface area (Å²) < 4.78 is 3.19. The lowest BCUT2D eigenvalue weighted by atomic mass is 10.2. The van der Waals surface area contributed by atoms with Gasteiger partial charge in [-0.05, 0) is 66.8 Å². The molecule has 3 heteroatoms. The minimum Gasteiger partial charge on any atom is -0.0622 e. The number of rotatable bonds is 0. The number of hydrogen-bond acceptors (Lipinski definition) is 0. The Kier molecular flexibility index (Phi) is 6.32. The standard InChI is InChI=1S/C7H8.C6H3Br3/c1-7-5-3-2-4-6-7;7-4-2-1-3-5(8)6(4)9/h2-6H,1H3;1-3H. The molecule has 0 aromatic heterocycles. The third-order valence-corrected chi connectivity index (χ3v) is 5.09. The summed E-state index contributed by atoms with van der Waals surface area (Å²) in [6, 6.07) is 16.2. The minimum atomic E-state index is 1.06. The van der Waals surface area contributed by atoms with Crippen molar-refractivity contribution in [3.8, 4) is 0 Å². The van der Waals surface area contributed by atoms with Crippen molar-refractivity contribution in [3.05, 3.63) is 67.5 Å². The van der Waals surface area contributed by atoms with Gasteiger partial charge in [0.25, 0.3) is 0 Å². The molecule has 0 bridgehead atoms. The summed E-state index contributed by atoms with van der Waals surface area (Å²) in [5.41, 5.74) is 1.32. The molecule has 0 atom stereocenters. The Bertz CT molecular complexity index is 418. The second-order valence-corrected chi connectivity index (χ2v) is 5.69. The maximum Gasteiger partial charge on any atom is 0.0459 e. The highest BCUT2D eigenvalue weighted by Gasteiger charge is 1.97. The van der Waals surface area contributed by atoms with Crippen molar-refractivity contribution in [2.75, 3.05) is 0 Å². The first-order valence-corrected chi connectivity index (χ1v) is 7.10. The fourth-order valence-electron chi connectivity index (χ4n) is 1.01. The van der Waals surface area contributed by atoms with Crippen molar-refractivity contribution in [3.63, 3.8) is 0 Å². The fraction of sp³-hybridized carbons (Fsp3) is 0.0769. The molecule has 0 aliphatic heterocycles.